The fourth-order valence-electron chi connectivity index (χ4n) is 2.86. The second-order valence-corrected chi connectivity index (χ2v) is 4.53. The molecule has 0 radical (unpaired) electrons. The highest BCUT2D eigenvalue weighted by atomic mass is 14.7. The van der Waals surface area contributed by atoms with Crippen molar-refractivity contribution >= 4 is 10.9 Å². The number of H-pyrrole nitrogens is 1. The van der Waals surface area contributed by atoms with Crippen LogP contribution in [0, 0.1) is 0 Å². The lowest BCUT2D eigenvalue weighted by atomic mass is 10.0. The molecule has 2 aromatic rings. The van der Waals surface area contributed by atoms with E-state index in [0.29, 0.717) is 0 Å². The molecule has 1 heteroatoms. The molecule has 3 rings (SSSR count). The number of fused-ring (bicyclic) bond motifs is 3. The van der Waals surface area contributed by atoms with Crippen molar-refractivity contribution in [3.8, 4) is 0 Å². The van der Waals surface area contributed by atoms with E-state index in [9.17, 15) is 0 Å². The van der Waals surface area contributed by atoms with Gasteiger partial charge in [0.05, 0.1) is 0 Å². The molecule has 0 spiro atoms. The van der Waals surface area contributed by atoms with Crippen molar-refractivity contribution in [2.24, 2.45) is 0 Å². The number of aryl methyl sites for hydroxylation is 3. The topological polar surface area (TPSA) is 15.8 Å². The highest BCUT2D eigenvalue weighted by Crippen LogP contribution is 2.32. The molecule has 1 aliphatic carbocycles. The van der Waals surface area contributed by atoms with E-state index in [4.69, 9.17) is 0 Å². The van der Waals surface area contributed by atoms with Crippen molar-refractivity contribution < 1.29 is 0 Å². The minimum Gasteiger partial charge on any atom is -0.358 e. The quantitative estimate of drug-likeness (QED) is 0.760. The van der Waals surface area contributed by atoms with Gasteiger partial charge in [-0.3, -0.25) is 0 Å². The van der Waals surface area contributed by atoms with E-state index < -0.39 is 0 Å². The summed E-state index contributed by atoms with van der Waals surface area (Å²) in [4.78, 5) is 3.57. The maximum Gasteiger partial charge on any atom is 0.0461 e. The summed E-state index contributed by atoms with van der Waals surface area (Å²) >= 11 is 0. The number of benzene rings is 1. The van der Waals surface area contributed by atoms with Crippen LogP contribution in [0.1, 0.15) is 36.6 Å². The lowest BCUT2D eigenvalue weighted by molar-refractivity contribution is 0.895. The summed E-state index contributed by atoms with van der Waals surface area (Å²) in [5, 5.41) is 1.53. The summed E-state index contributed by atoms with van der Waals surface area (Å²) < 4.78 is 0. The Morgan fingerprint density at radius 1 is 1.27 bits per heavy atom. The Morgan fingerprint density at radius 2 is 2.20 bits per heavy atom. The number of rotatable bonds is 2. The molecule has 0 amide bonds. The number of nitrogens with one attached hydrogen (secondary N) is 1. The number of aromatic nitrogens is 1. The molecule has 1 heterocycles. The summed E-state index contributed by atoms with van der Waals surface area (Å²) in [6, 6.07) is 6.68. The molecule has 1 nitrogen and oxygen atoms in total. The van der Waals surface area contributed by atoms with Gasteiger partial charge in [0, 0.05) is 16.6 Å². The Balaban J connectivity index is 2.27. The molecule has 0 bridgehead atoms. The van der Waals surface area contributed by atoms with Crippen LogP contribution in [0.15, 0.2) is 18.2 Å². The van der Waals surface area contributed by atoms with Crippen LogP contribution in [0.2, 0.25) is 0 Å². The lowest BCUT2D eigenvalue weighted by Gasteiger charge is -2.03. The largest absolute Gasteiger partial charge is 0.358 e. The molecule has 15 heavy (non-hydrogen) atoms. The van der Waals surface area contributed by atoms with Gasteiger partial charge in [-0.2, -0.15) is 0 Å². The van der Waals surface area contributed by atoms with Gasteiger partial charge in [0.2, 0.25) is 0 Å². The third kappa shape index (κ3) is 1.30. The second-order valence-electron chi connectivity index (χ2n) is 4.53. The van der Waals surface area contributed by atoms with Crippen molar-refractivity contribution in [3.05, 3.63) is 35.0 Å². The Kier molecular flexibility index (Phi) is 2.05. The van der Waals surface area contributed by atoms with Crippen LogP contribution in [0.25, 0.3) is 10.9 Å². The third-order valence-corrected chi connectivity index (χ3v) is 3.48. The number of hydrogen-bond donors (Lipinski definition) is 1. The molecule has 78 valence electrons. The molecule has 0 saturated heterocycles. The normalized spacial score (nSPS) is 14.7. The average molecular weight is 199 g/mol. The van der Waals surface area contributed by atoms with Gasteiger partial charge in [-0.15, -0.1) is 0 Å². The van der Waals surface area contributed by atoms with Crippen LogP contribution in [0.5, 0.6) is 0 Å². The highest BCUT2D eigenvalue weighted by molar-refractivity contribution is 5.88. The fraction of sp³-hybridized carbons (Fsp3) is 0.429. The zero-order valence-electron chi connectivity index (χ0n) is 9.27. The fourth-order valence-corrected chi connectivity index (χ4v) is 2.86. The molecule has 1 aromatic carbocycles. The Hall–Kier alpha value is -1.24. The van der Waals surface area contributed by atoms with Crippen LogP contribution in [0.4, 0.5) is 0 Å². The zero-order valence-corrected chi connectivity index (χ0v) is 9.27. The molecular weight excluding hydrogens is 182 g/mol. The molecule has 0 atom stereocenters. The molecule has 1 N–H and O–H groups in total. The minimum absolute atomic E-state index is 1.21. The van der Waals surface area contributed by atoms with E-state index in [1.807, 2.05) is 0 Å². The SMILES string of the molecule is CCCc1cccc2[nH]c3c(c12)CCC3. The van der Waals surface area contributed by atoms with E-state index in [1.165, 1.54) is 54.3 Å². The maximum absolute atomic E-state index is 3.57. The van der Waals surface area contributed by atoms with Gasteiger partial charge in [0.15, 0.2) is 0 Å². The zero-order chi connectivity index (χ0) is 10.3. The van der Waals surface area contributed by atoms with Crippen LogP contribution >= 0.6 is 0 Å². The molecule has 0 fully saturated rings. The first-order chi connectivity index (χ1) is 7.40. The van der Waals surface area contributed by atoms with E-state index in [-0.39, 0.29) is 0 Å². The molecule has 0 saturated carbocycles. The summed E-state index contributed by atoms with van der Waals surface area (Å²) in [5.74, 6) is 0. The van der Waals surface area contributed by atoms with Gasteiger partial charge in [0.1, 0.15) is 0 Å². The molecule has 1 aliphatic rings. The van der Waals surface area contributed by atoms with Crippen LogP contribution < -0.4 is 0 Å². The van der Waals surface area contributed by atoms with Crippen molar-refractivity contribution in [2.75, 3.05) is 0 Å². The van der Waals surface area contributed by atoms with E-state index >= 15 is 0 Å². The summed E-state index contributed by atoms with van der Waals surface area (Å²) in [7, 11) is 0. The molecule has 0 aliphatic heterocycles. The van der Waals surface area contributed by atoms with E-state index in [2.05, 4.69) is 30.1 Å². The van der Waals surface area contributed by atoms with Crippen molar-refractivity contribution in [1.82, 2.24) is 4.98 Å². The van der Waals surface area contributed by atoms with Gasteiger partial charge in [-0.05, 0) is 42.9 Å². The van der Waals surface area contributed by atoms with E-state index in [1.54, 1.807) is 5.56 Å². The molecular formula is C14H17N. The van der Waals surface area contributed by atoms with Gasteiger partial charge in [-0.1, -0.05) is 25.5 Å². The predicted molar refractivity (Wildman–Crippen MR) is 64.3 cm³/mol. The minimum atomic E-state index is 1.21. The smallest absolute Gasteiger partial charge is 0.0461 e. The third-order valence-electron chi connectivity index (χ3n) is 3.48. The number of hydrogen-bond acceptors (Lipinski definition) is 0. The second kappa shape index (κ2) is 3.41. The van der Waals surface area contributed by atoms with Gasteiger partial charge < -0.3 is 4.98 Å². The summed E-state index contributed by atoms with van der Waals surface area (Å²) in [6.45, 7) is 2.26. The average Bonchev–Trinajstić information content (AvgIpc) is 2.77. The van der Waals surface area contributed by atoms with Gasteiger partial charge in [0.25, 0.3) is 0 Å². The summed E-state index contributed by atoms with van der Waals surface area (Å²) in [5.41, 5.74) is 5.99. The van der Waals surface area contributed by atoms with Crippen molar-refractivity contribution in [1.29, 1.82) is 0 Å². The van der Waals surface area contributed by atoms with Gasteiger partial charge >= 0.3 is 0 Å². The first-order valence-corrected chi connectivity index (χ1v) is 6.01. The number of aromatic amines is 1. The van der Waals surface area contributed by atoms with Crippen molar-refractivity contribution in [3.63, 3.8) is 0 Å². The predicted octanol–water partition coefficient (Wildman–Crippen LogP) is 3.61. The van der Waals surface area contributed by atoms with Crippen molar-refractivity contribution in [2.45, 2.75) is 39.0 Å². The Morgan fingerprint density at radius 3 is 3.07 bits per heavy atom. The first kappa shape index (κ1) is 9.02. The highest BCUT2D eigenvalue weighted by Gasteiger charge is 2.18. The van der Waals surface area contributed by atoms with E-state index in [0.717, 1.165) is 0 Å². The first-order valence-electron chi connectivity index (χ1n) is 6.01. The van der Waals surface area contributed by atoms with Crippen LogP contribution in [-0.4, -0.2) is 4.98 Å². The van der Waals surface area contributed by atoms with Gasteiger partial charge in [-0.25, -0.2) is 0 Å². The standard InChI is InChI=1S/C14H17N/c1-2-5-10-6-3-9-13-14(10)11-7-4-8-12(11)15-13/h3,6,9,15H,2,4-5,7-8H2,1H3. The maximum atomic E-state index is 3.57. The van der Waals surface area contributed by atoms with Crippen LogP contribution in [0.3, 0.4) is 0 Å². The van der Waals surface area contributed by atoms with Crippen LogP contribution in [-0.2, 0) is 19.3 Å². The Labute approximate surface area is 90.5 Å². The summed E-state index contributed by atoms with van der Waals surface area (Å²) in [6.07, 6.45) is 6.30. The lowest BCUT2D eigenvalue weighted by Crippen LogP contribution is -1.86. The molecule has 1 aromatic heterocycles. The monoisotopic (exact) mass is 199 g/mol. The molecule has 0 unspecified atom stereocenters. The Bertz CT molecular complexity index is 493.